The fraction of sp³-hybridized carbons (Fsp3) is 1.00. The van der Waals surface area contributed by atoms with Gasteiger partial charge in [0.25, 0.3) is 0 Å². The highest BCUT2D eigenvalue weighted by Crippen LogP contribution is 2.41. The van der Waals surface area contributed by atoms with Crippen molar-refractivity contribution in [3.8, 4) is 0 Å². The van der Waals surface area contributed by atoms with Gasteiger partial charge in [-0.1, -0.05) is 6.42 Å². The van der Waals surface area contributed by atoms with Crippen LogP contribution in [0.15, 0.2) is 0 Å². The summed E-state index contributed by atoms with van der Waals surface area (Å²) >= 11 is 2.12. The topological polar surface area (TPSA) is 20.2 Å². The molecule has 1 unspecified atom stereocenters. The summed E-state index contributed by atoms with van der Waals surface area (Å²) in [5, 5.41) is 11.0. The SMILES string of the molecule is OC1C[C@H]2CCC[C@@H](C1)S2. The van der Waals surface area contributed by atoms with Crippen molar-refractivity contribution in [1.29, 1.82) is 0 Å². The molecule has 58 valence electrons. The Hall–Kier alpha value is 0.310. The van der Waals surface area contributed by atoms with E-state index in [1.807, 2.05) is 0 Å². The lowest BCUT2D eigenvalue weighted by Gasteiger charge is -2.36. The van der Waals surface area contributed by atoms with Gasteiger partial charge >= 0.3 is 0 Å². The van der Waals surface area contributed by atoms with Gasteiger partial charge in [0.2, 0.25) is 0 Å². The molecule has 0 aromatic carbocycles. The normalized spacial score (nSPS) is 47.1. The van der Waals surface area contributed by atoms with Crippen LogP contribution in [-0.2, 0) is 0 Å². The Balaban J connectivity index is 1.98. The summed E-state index contributed by atoms with van der Waals surface area (Å²) < 4.78 is 0. The van der Waals surface area contributed by atoms with Crippen molar-refractivity contribution in [2.45, 2.75) is 48.7 Å². The largest absolute Gasteiger partial charge is 0.393 e. The predicted molar refractivity (Wildman–Crippen MR) is 44.3 cm³/mol. The second-order valence-electron chi connectivity index (χ2n) is 3.44. The number of aliphatic hydroxyl groups excluding tert-OH is 1. The molecule has 1 N–H and O–H groups in total. The molecule has 2 aliphatic rings. The average Bonchev–Trinajstić information content (AvgIpc) is 1.85. The van der Waals surface area contributed by atoms with Crippen LogP contribution in [0.1, 0.15) is 32.1 Å². The summed E-state index contributed by atoms with van der Waals surface area (Å²) in [7, 11) is 0. The van der Waals surface area contributed by atoms with E-state index < -0.39 is 0 Å². The third-order valence-electron chi connectivity index (χ3n) is 2.51. The van der Waals surface area contributed by atoms with Gasteiger partial charge in [-0.25, -0.2) is 0 Å². The minimum atomic E-state index is 0.0246. The molecule has 0 amide bonds. The Morgan fingerprint density at radius 1 is 1.10 bits per heavy atom. The highest BCUT2D eigenvalue weighted by Gasteiger charge is 2.30. The summed E-state index contributed by atoms with van der Waals surface area (Å²) in [5.74, 6) is 0. The molecule has 1 nitrogen and oxygen atoms in total. The first-order valence-electron chi connectivity index (χ1n) is 4.18. The Labute approximate surface area is 66.2 Å². The molecule has 0 aromatic rings. The standard InChI is InChI=1S/C8H14OS/c9-6-4-7-2-1-3-8(5-6)10-7/h6-9H,1-5H2/t6?,7-,8+. The zero-order valence-corrected chi connectivity index (χ0v) is 6.94. The average molecular weight is 158 g/mol. The van der Waals surface area contributed by atoms with Gasteiger partial charge in [0, 0.05) is 10.5 Å². The van der Waals surface area contributed by atoms with Gasteiger partial charge < -0.3 is 5.11 Å². The van der Waals surface area contributed by atoms with Crippen LogP contribution < -0.4 is 0 Å². The number of fused-ring (bicyclic) bond motifs is 2. The number of hydrogen-bond acceptors (Lipinski definition) is 2. The van der Waals surface area contributed by atoms with E-state index in [4.69, 9.17) is 0 Å². The van der Waals surface area contributed by atoms with Crippen molar-refractivity contribution in [3.63, 3.8) is 0 Å². The molecule has 2 heterocycles. The van der Waals surface area contributed by atoms with Gasteiger partial charge in [-0.2, -0.15) is 11.8 Å². The first-order chi connectivity index (χ1) is 4.84. The van der Waals surface area contributed by atoms with Gasteiger partial charge in [-0.05, 0) is 25.7 Å². The van der Waals surface area contributed by atoms with E-state index in [-0.39, 0.29) is 6.10 Å². The third-order valence-corrected chi connectivity index (χ3v) is 4.13. The Morgan fingerprint density at radius 3 is 2.30 bits per heavy atom. The van der Waals surface area contributed by atoms with Gasteiger partial charge in [-0.3, -0.25) is 0 Å². The van der Waals surface area contributed by atoms with Crippen LogP contribution in [0, 0.1) is 0 Å². The fourth-order valence-corrected chi connectivity index (χ4v) is 3.85. The zero-order valence-electron chi connectivity index (χ0n) is 6.12. The molecule has 2 aliphatic heterocycles. The maximum Gasteiger partial charge on any atom is 0.0561 e. The van der Waals surface area contributed by atoms with Crippen LogP contribution in [-0.4, -0.2) is 21.7 Å². The molecule has 2 saturated heterocycles. The lowest BCUT2D eigenvalue weighted by molar-refractivity contribution is 0.139. The molecular formula is C8H14OS. The molecule has 0 saturated carbocycles. The molecule has 2 rings (SSSR count). The van der Waals surface area contributed by atoms with Crippen molar-refractivity contribution < 1.29 is 5.11 Å². The zero-order chi connectivity index (χ0) is 6.97. The number of aliphatic hydroxyl groups is 1. The molecule has 0 radical (unpaired) electrons. The van der Waals surface area contributed by atoms with Crippen molar-refractivity contribution in [2.75, 3.05) is 0 Å². The number of thioether (sulfide) groups is 1. The fourth-order valence-electron chi connectivity index (χ4n) is 2.03. The summed E-state index contributed by atoms with van der Waals surface area (Å²) in [5.41, 5.74) is 0. The monoisotopic (exact) mass is 158 g/mol. The van der Waals surface area contributed by atoms with E-state index in [0.29, 0.717) is 0 Å². The van der Waals surface area contributed by atoms with Crippen LogP contribution in [0.5, 0.6) is 0 Å². The minimum absolute atomic E-state index is 0.0246. The maximum atomic E-state index is 9.40. The number of rotatable bonds is 0. The summed E-state index contributed by atoms with van der Waals surface area (Å²) in [4.78, 5) is 0. The summed E-state index contributed by atoms with van der Waals surface area (Å²) in [6, 6.07) is 0. The van der Waals surface area contributed by atoms with E-state index in [1.54, 1.807) is 0 Å². The van der Waals surface area contributed by atoms with E-state index in [1.165, 1.54) is 19.3 Å². The lowest BCUT2D eigenvalue weighted by Crippen LogP contribution is -2.31. The highest BCUT2D eigenvalue weighted by molar-refractivity contribution is 8.00. The lowest BCUT2D eigenvalue weighted by atomic mass is 9.97. The first kappa shape index (κ1) is 6.99. The van der Waals surface area contributed by atoms with Crippen LogP contribution >= 0.6 is 11.8 Å². The van der Waals surface area contributed by atoms with Crippen LogP contribution in [0.25, 0.3) is 0 Å². The molecule has 2 heteroatoms. The van der Waals surface area contributed by atoms with E-state index in [9.17, 15) is 5.11 Å². The molecule has 10 heavy (non-hydrogen) atoms. The van der Waals surface area contributed by atoms with Gasteiger partial charge in [0.1, 0.15) is 0 Å². The van der Waals surface area contributed by atoms with E-state index in [2.05, 4.69) is 11.8 Å². The first-order valence-corrected chi connectivity index (χ1v) is 5.12. The molecule has 0 aromatic heterocycles. The van der Waals surface area contributed by atoms with Crippen molar-refractivity contribution in [2.24, 2.45) is 0 Å². The van der Waals surface area contributed by atoms with Gasteiger partial charge in [0.05, 0.1) is 6.10 Å². The van der Waals surface area contributed by atoms with Gasteiger partial charge in [0.15, 0.2) is 0 Å². The highest BCUT2D eigenvalue weighted by atomic mass is 32.2. The van der Waals surface area contributed by atoms with Crippen molar-refractivity contribution >= 4 is 11.8 Å². The van der Waals surface area contributed by atoms with Gasteiger partial charge in [-0.15, -0.1) is 0 Å². The molecule has 0 aliphatic carbocycles. The number of hydrogen-bond donors (Lipinski definition) is 1. The third kappa shape index (κ3) is 1.32. The summed E-state index contributed by atoms with van der Waals surface area (Å²) in [6.07, 6.45) is 6.23. The smallest absolute Gasteiger partial charge is 0.0561 e. The van der Waals surface area contributed by atoms with Crippen LogP contribution in [0.3, 0.4) is 0 Å². The van der Waals surface area contributed by atoms with E-state index >= 15 is 0 Å². The Bertz CT molecular complexity index is 110. The quantitative estimate of drug-likeness (QED) is 0.580. The second kappa shape index (κ2) is 2.74. The molecule has 2 bridgehead atoms. The van der Waals surface area contributed by atoms with E-state index in [0.717, 1.165) is 23.3 Å². The predicted octanol–water partition coefficient (Wildman–Crippen LogP) is 1.80. The van der Waals surface area contributed by atoms with Crippen LogP contribution in [0.2, 0.25) is 0 Å². The summed E-state index contributed by atoms with van der Waals surface area (Å²) in [6.45, 7) is 0. The van der Waals surface area contributed by atoms with Crippen molar-refractivity contribution in [3.05, 3.63) is 0 Å². The molecular weight excluding hydrogens is 144 g/mol. The Morgan fingerprint density at radius 2 is 1.70 bits per heavy atom. The second-order valence-corrected chi connectivity index (χ2v) is 5.04. The van der Waals surface area contributed by atoms with Crippen molar-refractivity contribution in [1.82, 2.24) is 0 Å². The Kier molecular flexibility index (Phi) is 1.92. The minimum Gasteiger partial charge on any atom is -0.393 e. The maximum absolute atomic E-state index is 9.40. The van der Waals surface area contributed by atoms with Crippen LogP contribution in [0.4, 0.5) is 0 Å². The molecule has 2 fully saturated rings. The molecule has 0 spiro atoms. The molecule has 3 atom stereocenters.